The van der Waals surface area contributed by atoms with E-state index in [0.29, 0.717) is 12.2 Å². The maximum Gasteiger partial charge on any atom is 0.123 e. The number of nitrogens with two attached hydrogens (primary N) is 1. The van der Waals surface area contributed by atoms with Crippen LogP contribution in [0.4, 0.5) is 10.1 Å². The Morgan fingerprint density at radius 1 is 1.39 bits per heavy atom. The molecule has 4 nitrogen and oxygen atoms in total. The van der Waals surface area contributed by atoms with Crippen LogP contribution in [0.1, 0.15) is 11.1 Å². The minimum Gasteiger partial charge on any atom is -0.398 e. The van der Waals surface area contributed by atoms with E-state index in [2.05, 4.69) is 10.00 Å². The summed E-state index contributed by atoms with van der Waals surface area (Å²) in [4.78, 5) is 2.07. The molecule has 0 aliphatic carbocycles. The zero-order valence-electron chi connectivity index (χ0n) is 10.6. The number of aromatic nitrogens is 2. The van der Waals surface area contributed by atoms with Crippen molar-refractivity contribution in [2.45, 2.75) is 13.1 Å². The number of rotatable bonds is 4. The van der Waals surface area contributed by atoms with E-state index in [9.17, 15) is 4.39 Å². The van der Waals surface area contributed by atoms with Crippen molar-refractivity contribution in [1.29, 1.82) is 0 Å². The molecule has 0 spiro atoms. The largest absolute Gasteiger partial charge is 0.398 e. The summed E-state index contributed by atoms with van der Waals surface area (Å²) < 4.78 is 14.9. The summed E-state index contributed by atoms with van der Waals surface area (Å²) in [6.45, 7) is 1.36. The number of hydrogen-bond acceptors (Lipinski definition) is 3. The second-order valence-electron chi connectivity index (χ2n) is 4.54. The zero-order chi connectivity index (χ0) is 13.1. The van der Waals surface area contributed by atoms with Gasteiger partial charge in [0.1, 0.15) is 5.82 Å². The van der Waals surface area contributed by atoms with Crippen LogP contribution in [0, 0.1) is 5.82 Å². The molecule has 2 N–H and O–H groups in total. The van der Waals surface area contributed by atoms with Gasteiger partial charge in [0.05, 0.1) is 6.20 Å². The number of benzene rings is 1. The molecule has 0 saturated carbocycles. The molecule has 0 aliphatic rings. The van der Waals surface area contributed by atoms with Crippen molar-refractivity contribution in [2.75, 3.05) is 12.8 Å². The maximum absolute atomic E-state index is 13.1. The fourth-order valence-corrected chi connectivity index (χ4v) is 1.92. The molecule has 0 saturated heterocycles. The van der Waals surface area contributed by atoms with Gasteiger partial charge in [-0.05, 0) is 30.8 Å². The van der Waals surface area contributed by atoms with E-state index in [4.69, 9.17) is 5.73 Å². The van der Waals surface area contributed by atoms with Gasteiger partial charge in [0, 0.05) is 37.6 Å². The molecule has 96 valence electrons. The molecule has 0 bridgehead atoms. The molecule has 5 heteroatoms. The van der Waals surface area contributed by atoms with Crippen LogP contribution >= 0.6 is 0 Å². The minimum atomic E-state index is -0.256. The highest BCUT2D eigenvalue weighted by molar-refractivity contribution is 5.46. The molecule has 1 aromatic heterocycles. The predicted octanol–water partition coefficient (Wildman–Crippen LogP) is 1.77. The third-order valence-electron chi connectivity index (χ3n) is 2.76. The quantitative estimate of drug-likeness (QED) is 0.839. The van der Waals surface area contributed by atoms with Crippen LogP contribution in [0.3, 0.4) is 0 Å². The average Bonchev–Trinajstić information content (AvgIpc) is 2.69. The number of nitrogens with zero attached hydrogens (tertiary/aromatic N) is 3. The standard InChI is InChI=1S/C13H17FN4/c1-17(7-10-6-16-18(2)8-10)9-11-5-12(14)3-4-13(11)15/h3-6,8H,7,9,15H2,1-2H3. The number of anilines is 1. The van der Waals surface area contributed by atoms with Crippen LogP contribution in [-0.4, -0.2) is 21.7 Å². The van der Waals surface area contributed by atoms with Crippen LogP contribution in [0.25, 0.3) is 0 Å². The lowest BCUT2D eigenvalue weighted by molar-refractivity contribution is 0.319. The van der Waals surface area contributed by atoms with Crippen molar-refractivity contribution in [1.82, 2.24) is 14.7 Å². The molecule has 0 amide bonds. The van der Waals surface area contributed by atoms with E-state index >= 15 is 0 Å². The van der Waals surface area contributed by atoms with Crippen LogP contribution < -0.4 is 5.73 Å². The smallest absolute Gasteiger partial charge is 0.123 e. The van der Waals surface area contributed by atoms with Gasteiger partial charge >= 0.3 is 0 Å². The first-order chi connectivity index (χ1) is 8.54. The van der Waals surface area contributed by atoms with Gasteiger partial charge in [-0.1, -0.05) is 0 Å². The van der Waals surface area contributed by atoms with Crippen molar-refractivity contribution in [2.24, 2.45) is 7.05 Å². The van der Waals surface area contributed by atoms with Crippen molar-refractivity contribution in [3.05, 3.63) is 47.5 Å². The Morgan fingerprint density at radius 2 is 2.17 bits per heavy atom. The van der Waals surface area contributed by atoms with E-state index in [0.717, 1.165) is 17.7 Å². The first-order valence-electron chi connectivity index (χ1n) is 5.74. The Kier molecular flexibility index (Phi) is 3.62. The minimum absolute atomic E-state index is 0.256. The summed E-state index contributed by atoms with van der Waals surface area (Å²) in [6, 6.07) is 4.46. The Morgan fingerprint density at radius 3 is 2.83 bits per heavy atom. The Labute approximate surface area is 106 Å². The second kappa shape index (κ2) is 5.18. The van der Waals surface area contributed by atoms with E-state index in [-0.39, 0.29) is 5.82 Å². The SMILES string of the molecule is CN(Cc1cnn(C)c1)Cc1cc(F)ccc1N. The van der Waals surface area contributed by atoms with Crippen molar-refractivity contribution >= 4 is 5.69 Å². The highest BCUT2D eigenvalue weighted by Gasteiger charge is 2.07. The first-order valence-corrected chi connectivity index (χ1v) is 5.74. The molecule has 2 aromatic rings. The number of aryl methyl sites for hydroxylation is 1. The van der Waals surface area contributed by atoms with Gasteiger partial charge in [-0.25, -0.2) is 4.39 Å². The van der Waals surface area contributed by atoms with Gasteiger partial charge in [0.15, 0.2) is 0 Å². The fraction of sp³-hybridized carbons (Fsp3) is 0.308. The molecule has 0 unspecified atom stereocenters. The summed E-state index contributed by atoms with van der Waals surface area (Å²) >= 11 is 0. The van der Waals surface area contributed by atoms with Crippen molar-refractivity contribution in [3.8, 4) is 0 Å². The lowest BCUT2D eigenvalue weighted by Gasteiger charge is -2.17. The number of hydrogen-bond donors (Lipinski definition) is 1. The van der Waals surface area contributed by atoms with Gasteiger partial charge in [-0.3, -0.25) is 9.58 Å². The van der Waals surface area contributed by atoms with E-state index in [1.165, 1.54) is 12.1 Å². The maximum atomic E-state index is 13.1. The Bertz CT molecular complexity index is 536. The van der Waals surface area contributed by atoms with Gasteiger partial charge in [-0.2, -0.15) is 5.10 Å². The Hall–Kier alpha value is -1.88. The first kappa shape index (κ1) is 12.6. The lowest BCUT2D eigenvalue weighted by atomic mass is 10.1. The van der Waals surface area contributed by atoms with Gasteiger partial charge in [-0.15, -0.1) is 0 Å². The number of nitrogen functional groups attached to an aromatic ring is 1. The normalized spacial score (nSPS) is 11.1. The van der Waals surface area contributed by atoms with Gasteiger partial charge in [0.25, 0.3) is 0 Å². The monoisotopic (exact) mass is 248 g/mol. The second-order valence-corrected chi connectivity index (χ2v) is 4.54. The summed E-state index contributed by atoms with van der Waals surface area (Å²) in [6.07, 6.45) is 3.79. The van der Waals surface area contributed by atoms with Crippen LogP contribution in [-0.2, 0) is 20.1 Å². The lowest BCUT2D eigenvalue weighted by Crippen LogP contribution is -2.18. The third-order valence-corrected chi connectivity index (χ3v) is 2.76. The predicted molar refractivity (Wildman–Crippen MR) is 69.2 cm³/mol. The average molecular weight is 248 g/mol. The Balaban J connectivity index is 2.02. The van der Waals surface area contributed by atoms with Crippen molar-refractivity contribution < 1.29 is 4.39 Å². The topological polar surface area (TPSA) is 47.1 Å². The van der Waals surface area contributed by atoms with Gasteiger partial charge < -0.3 is 5.73 Å². The molecule has 18 heavy (non-hydrogen) atoms. The third kappa shape index (κ3) is 3.07. The molecule has 0 atom stereocenters. The summed E-state index contributed by atoms with van der Waals surface area (Å²) in [5, 5.41) is 4.11. The molecule has 0 aliphatic heterocycles. The van der Waals surface area contributed by atoms with Crippen LogP contribution in [0.2, 0.25) is 0 Å². The molecular formula is C13H17FN4. The summed E-state index contributed by atoms with van der Waals surface area (Å²) in [5.74, 6) is -0.256. The fourth-order valence-electron chi connectivity index (χ4n) is 1.92. The van der Waals surface area contributed by atoms with Crippen molar-refractivity contribution in [3.63, 3.8) is 0 Å². The highest BCUT2D eigenvalue weighted by Crippen LogP contribution is 2.16. The summed E-state index contributed by atoms with van der Waals surface area (Å²) in [7, 11) is 3.85. The molecular weight excluding hydrogens is 231 g/mol. The van der Waals surface area contributed by atoms with E-state index < -0.39 is 0 Å². The number of halogens is 1. The van der Waals surface area contributed by atoms with Crippen LogP contribution in [0.15, 0.2) is 30.6 Å². The van der Waals surface area contributed by atoms with Crippen LogP contribution in [0.5, 0.6) is 0 Å². The summed E-state index contributed by atoms with van der Waals surface area (Å²) in [5.41, 5.74) is 8.37. The molecule has 2 rings (SSSR count). The molecule has 1 aromatic carbocycles. The van der Waals surface area contributed by atoms with E-state index in [1.807, 2.05) is 26.5 Å². The molecule has 1 heterocycles. The zero-order valence-corrected chi connectivity index (χ0v) is 10.6. The highest BCUT2D eigenvalue weighted by atomic mass is 19.1. The van der Waals surface area contributed by atoms with Gasteiger partial charge in [0.2, 0.25) is 0 Å². The molecule has 0 fully saturated rings. The molecule has 0 radical (unpaired) electrons. The van der Waals surface area contributed by atoms with E-state index in [1.54, 1.807) is 10.7 Å².